The molecule has 0 saturated heterocycles. The van der Waals surface area contributed by atoms with E-state index in [1.54, 1.807) is 42.5 Å². The van der Waals surface area contributed by atoms with E-state index in [4.69, 9.17) is 16.3 Å². The highest BCUT2D eigenvalue weighted by Crippen LogP contribution is 2.28. The zero-order chi connectivity index (χ0) is 20.2. The van der Waals surface area contributed by atoms with Crippen molar-refractivity contribution in [1.82, 2.24) is 4.90 Å². The minimum Gasteiger partial charge on any atom is -0.495 e. The lowest BCUT2D eigenvalue weighted by atomic mass is 10.1. The average molecular weight is 411 g/mol. The lowest BCUT2D eigenvalue weighted by Gasteiger charge is -2.24. The number of halogens is 1. The summed E-state index contributed by atoms with van der Waals surface area (Å²) < 4.78 is 28.3. The molecule has 0 fully saturated rings. The van der Waals surface area contributed by atoms with Gasteiger partial charge < -0.3 is 10.1 Å². The number of carbonyl (C=O) groups is 1. The number of nitrogens with zero attached hydrogens (tertiary/aromatic N) is 1. The van der Waals surface area contributed by atoms with Crippen molar-refractivity contribution in [3.63, 3.8) is 0 Å². The van der Waals surface area contributed by atoms with Gasteiger partial charge in [0.25, 0.3) is 0 Å². The van der Waals surface area contributed by atoms with Crippen molar-refractivity contribution < 1.29 is 17.9 Å². The van der Waals surface area contributed by atoms with Gasteiger partial charge in [-0.25, -0.2) is 8.42 Å². The lowest BCUT2D eigenvalue weighted by molar-refractivity contribution is -0.117. The third-order valence-electron chi connectivity index (χ3n) is 4.28. The van der Waals surface area contributed by atoms with Gasteiger partial charge in [0.15, 0.2) is 9.84 Å². The van der Waals surface area contributed by atoms with Gasteiger partial charge in [0.2, 0.25) is 5.91 Å². The van der Waals surface area contributed by atoms with Crippen LogP contribution in [0, 0.1) is 0 Å². The summed E-state index contributed by atoms with van der Waals surface area (Å²) in [6, 6.07) is 11.6. The summed E-state index contributed by atoms with van der Waals surface area (Å²) in [5, 5.41) is 3.30. The van der Waals surface area contributed by atoms with Crippen LogP contribution in [0.2, 0.25) is 5.02 Å². The van der Waals surface area contributed by atoms with Crippen molar-refractivity contribution in [3.05, 3.63) is 53.1 Å². The minimum absolute atomic E-state index is 0.0781. The maximum Gasteiger partial charge on any atom is 0.238 e. The van der Waals surface area contributed by atoms with Gasteiger partial charge in [-0.1, -0.05) is 23.7 Å². The minimum atomic E-state index is -3.23. The molecule has 1 atom stereocenters. The summed E-state index contributed by atoms with van der Waals surface area (Å²) in [5.74, 6) is 0.317. The Balaban J connectivity index is 2.04. The van der Waals surface area contributed by atoms with Crippen LogP contribution in [0.3, 0.4) is 0 Å². The molecule has 0 saturated carbocycles. The fourth-order valence-electron chi connectivity index (χ4n) is 2.58. The van der Waals surface area contributed by atoms with E-state index in [1.807, 2.05) is 18.9 Å². The van der Waals surface area contributed by atoms with Crippen molar-refractivity contribution in [1.29, 1.82) is 0 Å². The summed E-state index contributed by atoms with van der Waals surface area (Å²) in [7, 11) is 0.115. The van der Waals surface area contributed by atoms with Crippen LogP contribution in [-0.4, -0.2) is 46.2 Å². The first-order chi connectivity index (χ1) is 12.6. The van der Waals surface area contributed by atoms with Crippen LogP contribution in [0.25, 0.3) is 0 Å². The third-order valence-corrected chi connectivity index (χ3v) is 5.64. The molecule has 0 aliphatic heterocycles. The Kier molecular flexibility index (Phi) is 6.86. The lowest BCUT2D eigenvalue weighted by Crippen LogP contribution is -2.32. The molecule has 0 radical (unpaired) electrons. The molecule has 0 bridgehead atoms. The summed E-state index contributed by atoms with van der Waals surface area (Å²) in [5.41, 5.74) is 1.42. The molecule has 2 aromatic rings. The number of likely N-dealkylation sites (N-methyl/N-ethyl adjacent to an activating group) is 1. The SMILES string of the molecule is COc1ccc(Cl)cc1NC(=O)CN(C)C(C)c1ccc(S(C)(=O)=O)cc1. The Morgan fingerprint density at radius 3 is 2.41 bits per heavy atom. The molecule has 1 unspecified atom stereocenters. The Hall–Kier alpha value is -2.09. The number of anilines is 1. The van der Waals surface area contributed by atoms with Crippen LogP contribution in [0.4, 0.5) is 5.69 Å². The fourth-order valence-corrected chi connectivity index (χ4v) is 3.38. The van der Waals surface area contributed by atoms with Gasteiger partial charge in [-0.05, 0) is 49.9 Å². The molecule has 1 N–H and O–H groups in total. The van der Waals surface area contributed by atoms with Gasteiger partial charge in [0.05, 0.1) is 24.2 Å². The van der Waals surface area contributed by atoms with Crippen molar-refractivity contribution in [2.24, 2.45) is 0 Å². The molecule has 2 rings (SSSR count). The fraction of sp³-hybridized carbons (Fsp3) is 0.316. The Morgan fingerprint density at radius 1 is 1.22 bits per heavy atom. The van der Waals surface area contributed by atoms with Crippen LogP contribution in [0.5, 0.6) is 5.75 Å². The smallest absolute Gasteiger partial charge is 0.238 e. The first-order valence-electron chi connectivity index (χ1n) is 8.25. The van der Waals surface area contributed by atoms with E-state index in [1.165, 1.54) is 13.4 Å². The number of rotatable bonds is 7. The number of amides is 1. The van der Waals surface area contributed by atoms with Gasteiger partial charge in [0.1, 0.15) is 5.75 Å². The largest absolute Gasteiger partial charge is 0.495 e. The van der Waals surface area contributed by atoms with E-state index in [9.17, 15) is 13.2 Å². The van der Waals surface area contributed by atoms with Crippen molar-refractivity contribution in [2.45, 2.75) is 17.9 Å². The molecular weight excluding hydrogens is 388 g/mol. The van der Waals surface area contributed by atoms with E-state index in [2.05, 4.69) is 5.32 Å². The number of sulfone groups is 1. The number of methoxy groups -OCH3 is 1. The van der Waals surface area contributed by atoms with Crippen molar-refractivity contribution in [3.8, 4) is 5.75 Å². The molecule has 146 valence electrons. The topological polar surface area (TPSA) is 75.7 Å². The van der Waals surface area contributed by atoms with E-state index in [0.29, 0.717) is 16.5 Å². The maximum atomic E-state index is 12.4. The molecule has 0 heterocycles. The molecule has 27 heavy (non-hydrogen) atoms. The number of carbonyl (C=O) groups excluding carboxylic acids is 1. The van der Waals surface area contributed by atoms with Gasteiger partial charge in [-0.3, -0.25) is 9.69 Å². The van der Waals surface area contributed by atoms with E-state index in [-0.39, 0.29) is 23.4 Å². The van der Waals surface area contributed by atoms with Crippen molar-refractivity contribution in [2.75, 3.05) is 32.3 Å². The zero-order valence-corrected chi connectivity index (χ0v) is 17.3. The summed E-state index contributed by atoms with van der Waals surface area (Å²) >= 11 is 5.98. The van der Waals surface area contributed by atoms with Crippen LogP contribution in [-0.2, 0) is 14.6 Å². The van der Waals surface area contributed by atoms with E-state index < -0.39 is 9.84 Å². The number of hydrogen-bond donors (Lipinski definition) is 1. The molecule has 8 heteroatoms. The van der Waals surface area contributed by atoms with Gasteiger partial charge in [-0.2, -0.15) is 0 Å². The number of hydrogen-bond acceptors (Lipinski definition) is 5. The molecule has 2 aromatic carbocycles. The third kappa shape index (κ3) is 5.69. The zero-order valence-electron chi connectivity index (χ0n) is 15.7. The predicted octanol–water partition coefficient (Wildman–Crippen LogP) is 3.38. The average Bonchev–Trinajstić information content (AvgIpc) is 2.60. The molecule has 0 aliphatic rings. The Bertz CT molecular complexity index is 914. The summed E-state index contributed by atoms with van der Waals surface area (Å²) in [4.78, 5) is 14.5. The van der Waals surface area contributed by atoms with Crippen LogP contribution in [0.15, 0.2) is 47.4 Å². The van der Waals surface area contributed by atoms with Gasteiger partial charge in [0, 0.05) is 17.3 Å². The maximum absolute atomic E-state index is 12.4. The molecule has 6 nitrogen and oxygen atoms in total. The molecule has 0 aliphatic carbocycles. The quantitative estimate of drug-likeness (QED) is 0.757. The highest BCUT2D eigenvalue weighted by atomic mass is 35.5. The Morgan fingerprint density at radius 2 is 1.85 bits per heavy atom. The second kappa shape index (κ2) is 8.73. The molecule has 1 amide bonds. The van der Waals surface area contributed by atoms with Crippen LogP contribution < -0.4 is 10.1 Å². The summed E-state index contributed by atoms with van der Waals surface area (Å²) in [6.45, 7) is 2.09. The number of benzene rings is 2. The highest BCUT2D eigenvalue weighted by Gasteiger charge is 2.17. The Labute approximate surface area is 165 Å². The second-order valence-electron chi connectivity index (χ2n) is 6.33. The first-order valence-corrected chi connectivity index (χ1v) is 10.5. The molecule has 0 aromatic heterocycles. The van der Waals surface area contributed by atoms with E-state index >= 15 is 0 Å². The number of ether oxygens (including phenoxy) is 1. The normalized spacial score (nSPS) is 12.7. The monoisotopic (exact) mass is 410 g/mol. The van der Waals surface area contributed by atoms with E-state index in [0.717, 1.165) is 5.56 Å². The van der Waals surface area contributed by atoms with Crippen LogP contribution >= 0.6 is 11.6 Å². The highest BCUT2D eigenvalue weighted by molar-refractivity contribution is 7.90. The summed E-state index contributed by atoms with van der Waals surface area (Å²) in [6.07, 6.45) is 1.17. The molecular formula is C19H23ClN2O4S. The first kappa shape index (κ1) is 21.2. The van der Waals surface area contributed by atoms with Crippen LogP contribution in [0.1, 0.15) is 18.5 Å². The predicted molar refractivity (Wildman–Crippen MR) is 107 cm³/mol. The van der Waals surface area contributed by atoms with Gasteiger partial charge in [-0.15, -0.1) is 0 Å². The number of nitrogens with one attached hydrogen (secondary N) is 1. The van der Waals surface area contributed by atoms with Crippen molar-refractivity contribution >= 4 is 33.0 Å². The van der Waals surface area contributed by atoms with Gasteiger partial charge >= 0.3 is 0 Å². The standard InChI is InChI=1S/C19H23ClN2O4S/c1-13(14-5-8-16(9-6-14)27(4,24)25)22(2)12-19(23)21-17-11-15(20)7-10-18(17)26-3/h5-11,13H,12H2,1-4H3,(H,21,23). The molecule has 0 spiro atoms. The second-order valence-corrected chi connectivity index (χ2v) is 8.78.